The maximum atomic E-state index is 5.85. The summed E-state index contributed by atoms with van der Waals surface area (Å²) in [5.41, 5.74) is 0.963. The number of aromatic nitrogens is 2. The third-order valence-corrected chi connectivity index (χ3v) is 4.51. The SMILES string of the molecule is CCCNc1cc(C2CC2)nc(C2(OC)CCCC2)n1. The lowest BCUT2D eigenvalue weighted by atomic mass is 10.0. The van der Waals surface area contributed by atoms with E-state index in [9.17, 15) is 0 Å². The molecule has 1 aromatic heterocycles. The summed E-state index contributed by atoms with van der Waals surface area (Å²) in [7, 11) is 1.80. The van der Waals surface area contributed by atoms with Gasteiger partial charge in [0.1, 0.15) is 11.4 Å². The minimum atomic E-state index is -0.243. The van der Waals surface area contributed by atoms with Crippen LogP contribution in [-0.2, 0) is 10.3 Å². The number of nitrogens with one attached hydrogen (secondary N) is 1. The minimum absolute atomic E-state index is 0.243. The van der Waals surface area contributed by atoms with Crippen molar-refractivity contribution >= 4 is 5.82 Å². The first-order valence-corrected chi connectivity index (χ1v) is 7.96. The zero-order valence-electron chi connectivity index (χ0n) is 12.6. The molecule has 0 aromatic carbocycles. The van der Waals surface area contributed by atoms with Crippen LogP contribution in [-0.4, -0.2) is 23.6 Å². The van der Waals surface area contributed by atoms with Crippen molar-refractivity contribution in [1.82, 2.24) is 9.97 Å². The van der Waals surface area contributed by atoms with E-state index in [1.807, 2.05) is 0 Å². The fourth-order valence-electron chi connectivity index (χ4n) is 3.07. The van der Waals surface area contributed by atoms with Crippen LogP contribution in [0.4, 0.5) is 5.82 Å². The molecule has 2 aliphatic carbocycles. The smallest absolute Gasteiger partial charge is 0.162 e. The molecular weight excluding hydrogens is 250 g/mol. The maximum absolute atomic E-state index is 5.85. The molecule has 4 heteroatoms. The fourth-order valence-corrected chi connectivity index (χ4v) is 3.07. The highest BCUT2D eigenvalue weighted by molar-refractivity contribution is 5.39. The summed E-state index contributed by atoms with van der Waals surface area (Å²) in [6, 6.07) is 2.13. The van der Waals surface area contributed by atoms with E-state index in [0.717, 1.165) is 37.4 Å². The summed E-state index contributed by atoms with van der Waals surface area (Å²) in [6.07, 6.45) is 8.15. The van der Waals surface area contributed by atoms with Gasteiger partial charge in [-0.1, -0.05) is 6.92 Å². The molecule has 1 N–H and O–H groups in total. The molecule has 4 nitrogen and oxygen atoms in total. The van der Waals surface area contributed by atoms with Gasteiger partial charge < -0.3 is 10.1 Å². The Bertz CT molecular complexity index is 465. The summed E-state index contributed by atoms with van der Waals surface area (Å²) >= 11 is 0. The van der Waals surface area contributed by atoms with Crippen molar-refractivity contribution in [3.8, 4) is 0 Å². The number of methoxy groups -OCH3 is 1. The molecule has 0 radical (unpaired) electrons. The molecule has 0 atom stereocenters. The Morgan fingerprint density at radius 3 is 2.65 bits per heavy atom. The monoisotopic (exact) mass is 275 g/mol. The van der Waals surface area contributed by atoms with Crippen LogP contribution in [0.5, 0.6) is 0 Å². The van der Waals surface area contributed by atoms with Gasteiger partial charge in [-0.15, -0.1) is 0 Å². The molecule has 0 spiro atoms. The molecule has 20 heavy (non-hydrogen) atoms. The average molecular weight is 275 g/mol. The first-order chi connectivity index (χ1) is 9.77. The van der Waals surface area contributed by atoms with Crippen molar-refractivity contribution in [1.29, 1.82) is 0 Å². The molecular formula is C16H25N3O. The summed E-state index contributed by atoms with van der Waals surface area (Å²) in [4.78, 5) is 9.61. The van der Waals surface area contributed by atoms with Gasteiger partial charge in [-0.25, -0.2) is 9.97 Å². The minimum Gasteiger partial charge on any atom is -0.370 e. The predicted molar refractivity (Wildman–Crippen MR) is 79.9 cm³/mol. The highest BCUT2D eigenvalue weighted by atomic mass is 16.5. The van der Waals surface area contributed by atoms with Gasteiger partial charge in [0, 0.05) is 31.3 Å². The first-order valence-electron chi connectivity index (χ1n) is 7.96. The van der Waals surface area contributed by atoms with Crippen LogP contribution < -0.4 is 5.32 Å². The molecule has 0 bridgehead atoms. The number of anilines is 1. The van der Waals surface area contributed by atoms with Gasteiger partial charge in [-0.2, -0.15) is 0 Å². The van der Waals surface area contributed by atoms with E-state index in [0.29, 0.717) is 5.92 Å². The Labute approximate surface area is 121 Å². The lowest BCUT2D eigenvalue weighted by Gasteiger charge is -2.26. The molecule has 2 fully saturated rings. The Morgan fingerprint density at radius 2 is 2.05 bits per heavy atom. The van der Waals surface area contributed by atoms with Crippen molar-refractivity contribution in [2.45, 2.75) is 63.4 Å². The Morgan fingerprint density at radius 1 is 1.30 bits per heavy atom. The molecule has 1 heterocycles. The van der Waals surface area contributed by atoms with Crippen molar-refractivity contribution in [2.75, 3.05) is 19.0 Å². The van der Waals surface area contributed by atoms with Crippen LogP contribution >= 0.6 is 0 Å². The standard InChI is InChI=1S/C16H25N3O/c1-3-10-17-14-11-13(12-6-7-12)18-15(19-14)16(20-2)8-4-5-9-16/h11-12H,3-10H2,1-2H3,(H,17,18,19). The Hall–Kier alpha value is -1.16. The van der Waals surface area contributed by atoms with Crippen molar-refractivity contribution in [3.05, 3.63) is 17.6 Å². The van der Waals surface area contributed by atoms with Crippen LogP contribution in [0.25, 0.3) is 0 Å². The van der Waals surface area contributed by atoms with Crippen LogP contribution in [0.1, 0.15) is 69.3 Å². The molecule has 0 aliphatic heterocycles. The molecule has 2 saturated carbocycles. The number of ether oxygens (including phenoxy) is 1. The maximum Gasteiger partial charge on any atom is 0.162 e. The van der Waals surface area contributed by atoms with Gasteiger partial charge in [-0.05, 0) is 44.9 Å². The first kappa shape index (κ1) is 13.8. The number of nitrogens with zero attached hydrogens (tertiary/aromatic N) is 2. The Balaban J connectivity index is 1.93. The lowest BCUT2D eigenvalue weighted by molar-refractivity contribution is -0.0163. The topological polar surface area (TPSA) is 47.0 Å². The van der Waals surface area contributed by atoms with E-state index in [4.69, 9.17) is 14.7 Å². The molecule has 2 aliphatic rings. The average Bonchev–Trinajstić information content (AvgIpc) is 3.22. The summed E-state index contributed by atoms with van der Waals surface area (Å²) < 4.78 is 5.85. The van der Waals surface area contributed by atoms with Gasteiger partial charge in [0.25, 0.3) is 0 Å². The second-order valence-electron chi connectivity index (χ2n) is 6.11. The number of rotatable bonds is 6. The third kappa shape index (κ3) is 2.66. The lowest BCUT2D eigenvalue weighted by Crippen LogP contribution is -2.28. The zero-order valence-corrected chi connectivity index (χ0v) is 12.6. The van der Waals surface area contributed by atoms with Crippen molar-refractivity contribution in [3.63, 3.8) is 0 Å². The highest BCUT2D eigenvalue weighted by Crippen LogP contribution is 2.43. The van der Waals surface area contributed by atoms with Gasteiger partial charge >= 0.3 is 0 Å². The molecule has 0 amide bonds. The van der Waals surface area contributed by atoms with Gasteiger partial charge in [0.2, 0.25) is 0 Å². The Kier molecular flexibility index (Phi) is 3.92. The van der Waals surface area contributed by atoms with Gasteiger partial charge in [0.05, 0.1) is 0 Å². The van der Waals surface area contributed by atoms with E-state index in [1.165, 1.54) is 31.4 Å². The molecule has 0 unspecified atom stereocenters. The van der Waals surface area contributed by atoms with Gasteiger partial charge in [-0.3, -0.25) is 0 Å². The highest BCUT2D eigenvalue weighted by Gasteiger charge is 2.39. The summed E-state index contributed by atoms with van der Waals surface area (Å²) in [5.74, 6) is 2.52. The predicted octanol–water partition coefficient (Wildman–Crippen LogP) is 3.59. The number of hydrogen-bond acceptors (Lipinski definition) is 4. The number of hydrogen-bond donors (Lipinski definition) is 1. The third-order valence-electron chi connectivity index (χ3n) is 4.51. The van der Waals surface area contributed by atoms with Gasteiger partial charge in [0.15, 0.2) is 5.82 Å². The van der Waals surface area contributed by atoms with Crippen molar-refractivity contribution in [2.24, 2.45) is 0 Å². The van der Waals surface area contributed by atoms with Crippen LogP contribution in [0, 0.1) is 0 Å². The van der Waals surface area contributed by atoms with E-state index in [-0.39, 0.29) is 5.60 Å². The molecule has 1 aromatic rings. The molecule has 0 saturated heterocycles. The molecule has 110 valence electrons. The quantitative estimate of drug-likeness (QED) is 0.862. The van der Waals surface area contributed by atoms with E-state index < -0.39 is 0 Å². The second kappa shape index (κ2) is 5.68. The zero-order chi connectivity index (χ0) is 14.0. The fraction of sp³-hybridized carbons (Fsp3) is 0.750. The summed E-state index contributed by atoms with van der Waals surface area (Å²) in [6.45, 7) is 3.13. The van der Waals surface area contributed by atoms with Crippen LogP contribution in [0.3, 0.4) is 0 Å². The van der Waals surface area contributed by atoms with Crippen LogP contribution in [0.2, 0.25) is 0 Å². The van der Waals surface area contributed by atoms with E-state index in [2.05, 4.69) is 18.3 Å². The van der Waals surface area contributed by atoms with E-state index >= 15 is 0 Å². The summed E-state index contributed by atoms with van der Waals surface area (Å²) in [5, 5.41) is 3.42. The normalized spacial score (nSPS) is 21.1. The second-order valence-corrected chi connectivity index (χ2v) is 6.11. The van der Waals surface area contributed by atoms with Crippen molar-refractivity contribution < 1.29 is 4.74 Å². The molecule has 3 rings (SSSR count). The van der Waals surface area contributed by atoms with E-state index in [1.54, 1.807) is 7.11 Å². The van der Waals surface area contributed by atoms with Crippen LogP contribution in [0.15, 0.2) is 6.07 Å². The largest absolute Gasteiger partial charge is 0.370 e.